The largest absolute Gasteiger partial charge is 0.357 e. The Kier molecular flexibility index (Phi) is 6.43. The van der Waals surface area contributed by atoms with Gasteiger partial charge in [0, 0.05) is 31.7 Å². The minimum absolute atomic E-state index is 0.191. The summed E-state index contributed by atoms with van der Waals surface area (Å²) in [5.74, 6) is -0.805. The summed E-state index contributed by atoms with van der Waals surface area (Å²) >= 11 is 6.18. The van der Waals surface area contributed by atoms with E-state index in [1.807, 2.05) is 32.4 Å². The van der Waals surface area contributed by atoms with Gasteiger partial charge >= 0.3 is 0 Å². The summed E-state index contributed by atoms with van der Waals surface area (Å²) in [5, 5.41) is 5.82. The maximum atomic E-state index is 15.0. The number of hydrogen-bond acceptors (Lipinski definition) is 4. The van der Waals surface area contributed by atoms with E-state index in [2.05, 4.69) is 20.5 Å². The molecule has 1 aromatic heterocycles. The van der Waals surface area contributed by atoms with Gasteiger partial charge in [-0.25, -0.2) is 9.37 Å². The van der Waals surface area contributed by atoms with Crippen LogP contribution in [-0.2, 0) is 17.9 Å². The SMILES string of the molecule is CNC(=O)[C@@H](NC(=O)c1nc(-c2cc(Cl)cc(C)c2F)n2c1CN(C)CC2)C(C)(C)C. The van der Waals surface area contributed by atoms with Crippen LogP contribution in [0.15, 0.2) is 12.1 Å². The normalized spacial score (nSPS) is 15.4. The van der Waals surface area contributed by atoms with Crippen molar-refractivity contribution in [3.05, 3.63) is 39.9 Å². The van der Waals surface area contributed by atoms with Gasteiger partial charge in [0.2, 0.25) is 5.91 Å². The Labute approximate surface area is 187 Å². The number of carbonyl (C=O) groups is 2. The number of nitrogens with one attached hydrogen (secondary N) is 2. The van der Waals surface area contributed by atoms with Crippen LogP contribution >= 0.6 is 11.6 Å². The Bertz CT molecular complexity index is 1030. The van der Waals surface area contributed by atoms with E-state index < -0.39 is 23.2 Å². The number of nitrogens with zero attached hydrogens (tertiary/aromatic N) is 3. The average Bonchev–Trinajstić information content (AvgIpc) is 3.05. The minimum atomic E-state index is -0.753. The van der Waals surface area contributed by atoms with Crippen molar-refractivity contribution in [1.82, 2.24) is 25.1 Å². The highest BCUT2D eigenvalue weighted by Crippen LogP contribution is 2.32. The molecule has 1 aromatic carbocycles. The third-order valence-electron chi connectivity index (χ3n) is 5.52. The lowest BCUT2D eigenvalue weighted by atomic mass is 9.86. The third kappa shape index (κ3) is 4.60. The van der Waals surface area contributed by atoms with E-state index in [0.29, 0.717) is 35.2 Å². The van der Waals surface area contributed by atoms with Crippen LogP contribution in [0.1, 0.15) is 42.5 Å². The lowest BCUT2D eigenvalue weighted by Crippen LogP contribution is -2.53. The van der Waals surface area contributed by atoms with Crippen LogP contribution in [0.5, 0.6) is 0 Å². The molecular formula is C22H29ClFN5O2. The molecule has 2 amide bonds. The molecule has 1 aliphatic rings. The summed E-state index contributed by atoms with van der Waals surface area (Å²) in [6.45, 7) is 9.05. The predicted octanol–water partition coefficient (Wildman–Crippen LogP) is 2.99. The van der Waals surface area contributed by atoms with E-state index in [9.17, 15) is 14.0 Å². The zero-order valence-corrected chi connectivity index (χ0v) is 19.5. The fraction of sp³-hybridized carbons (Fsp3) is 0.500. The topological polar surface area (TPSA) is 79.3 Å². The predicted molar refractivity (Wildman–Crippen MR) is 118 cm³/mol. The number of aromatic nitrogens is 2. The van der Waals surface area contributed by atoms with Crippen LogP contribution in [0.4, 0.5) is 4.39 Å². The number of aryl methyl sites for hydroxylation is 1. The molecule has 2 heterocycles. The second-order valence-electron chi connectivity index (χ2n) is 9.09. The molecule has 0 aliphatic carbocycles. The molecule has 1 atom stereocenters. The number of carbonyl (C=O) groups excluding carboxylic acids is 2. The van der Waals surface area contributed by atoms with Crippen LogP contribution in [0.2, 0.25) is 5.02 Å². The van der Waals surface area contributed by atoms with Crippen LogP contribution in [0, 0.1) is 18.2 Å². The van der Waals surface area contributed by atoms with Crippen molar-refractivity contribution in [2.45, 2.75) is 46.8 Å². The lowest BCUT2D eigenvalue weighted by Gasteiger charge is -2.30. The molecule has 0 bridgehead atoms. The zero-order chi connectivity index (χ0) is 23.1. The number of amides is 2. The first-order valence-corrected chi connectivity index (χ1v) is 10.6. The molecule has 0 spiro atoms. The first-order valence-electron chi connectivity index (χ1n) is 10.2. The van der Waals surface area contributed by atoms with Crippen LogP contribution in [-0.4, -0.2) is 52.9 Å². The van der Waals surface area contributed by atoms with E-state index in [1.165, 1.54) is 13.1 Å². The maximum absolute atomic E-state index is 15.0. The molecule has 1 aliphatic heterocycles. The fourth-order valence-electron chi connectivity index (χ4n) is 3.79. The summed E-state index contributed by atoms with van der Waals surface area (Å²) in [4.78, 5) is 32.3. The van der Waals surface area contributed by atoms with Gasteiger partial charge in [0.15, 0.2) is 5.69 Å². The van der Waals surface area contributed by atoms with Gasteiger partial charge in [-0.15, -0.1) is 0 Å². The quantitative estimate of drug-likeness (QED) is 0.752. The average molecular weight is 450 g/mol. The van der Waals surface area contributed by atoms with Crippen molar-refractivity contribution in [3.63, 3.8) is 0 Å². The summed E-state index contributed by atoms with van der Waals surface area (Å²) in [6, 6.07) is 2.33. The highest BCUT2D eigenvalue weighted by atomic mass is 35.5. The number of imidazole rings is 1. The first kappa shape index (κ1) is 23.2. The fourth-order valence-corrected chi connectivity index (χ4v) is 4.06. The molecule has 0 fully saturated rings. The Morgan fingerprint density at radius 1 is 1.26 bits per heavy atom. The zero-order valence-electron chi connectivity index (χ0n) is 18.8. The van der Waals surface area contributed by atoms with Crippen LogP contribution < -0.4 is 10.6 Å². The molecule has 31 heavy (non-hydrogen) atoms. The summed E-state index contributed by atoms with van der Waals surface area (Å²) < 4.78 is 16.8. The second-order valence-corrected chi connectivity index (χ2v) is 9.53. The minimum Gasteiger partial charge on any atom is -0.357 e. The number of halogens is 2. The van der Waals surface area contributed by atoms with Gasteiger partial charge in [0.25, 0.3) is 5.91 Å². The number of fused-ring (bicyclic) bond motifs is 1. The van der Waals surface area contributed by atoms with E-state index >= 15 is 0 Å². The number of hydrogen-bond donors (Lipinski definition) is 2. The Morgan fingerprint density at radius 3 is 2.55 bits per heavy atom. The molecule has 9 heteroatoms. The van der Waals surface area contributed by atoms with Gasteiger partial charge in [-0.1, -0.05) is 32.4 Å². The molecule has 2 N–H and O–H groups in total. The molecular weight excluding hydrogens is 421 g/mol. The number of rotatable bonds is 4. The molecule has 168 valence electrons. The standard InChI is InChI=1S/C22H29ClFN5O2/c1-12-9-13(23)10-14(16(12)24)19-26-17(15-11-28(6)7-8-29(15)19)20(30)27-18(21(31)25-5)22(2,3)4/h9-10,18H,7-8,11H2,1-6H3,(H,25,31)(H,27,30)/t18-/m1/s1. The number of likely N-dealkylation sites (N-methyl/N-ethyl adjacent to an activating group) is 2. The van der Waals surface area contributed by atoms with Gasteiger partial charge in [0.1, 0.15) is 17.7 Å². The van der Waals surface area contributed by atoms with E-state index in [4.69, 9.17) is 11.6 Å². The van der Waals surface area contributed by atoms with Crippen molar-refractivity contribution in [2.75, 3.05) is 20.6 Å². The van der Waals surface area contributed by atoms with Gasteiger partial charge in [-0.2, -0.15) is 0 Å². The maximum Gasteiger partial charge on any atom is 0.272 e. The van der Waals surface area contributed by atoms with E-state index in [1.54, 1.807) is 13.0 Å². The molecule has 7 nitrogen and oxygen atoms in total. The van der Waals surface area contributed by atoms with Crippen LogP contribution in [0.25, 0.3) is 11.4 Å². The molecule has 0 unspecified atom stereocenters. The smallest absolute Gasteiger partial charge is 0.272 e. The van der Waals surface area contributed by atoms with Crippen molar-refractivity contribution in [3.8, 4) is 11.4 Å². The van der Waals surface area contributed by atoms with Crippen molar-refractivity contribution < 1.29 is 14.0 Å². The molecule has 2 aromatic rings. The Morgan fingerprint density at radius 2 is 1.94 bits per heavy atom. The molecule has 0 saturated carbocycles. The second kappa shape index (κ2) is 8.59. The van der Waals surface area contributed by atoms with Gasteiger partial charge in [0.05, 0.1) is 11.3 Å². The summed E-state index contributed by atoms with van der Waals surface area (Å²) in [6.07, 6.45) is 0. The third-order valence-corrected chi connectivity index (χ3v) is 5.74. The van der Waals surface area contributed by atoms with Crippen molar-refractivity contribution in [1.29, 1.82) is 0 Å². The molecule has 0 saturated heterocycles. The first-order chi connectivity index (χ1) is 14.4. The lowest BCUT2D eigenvalue weighted by molar-refractivity contribution is -0.124. The Balaban J connectivity index is 2.10. The van der Waals surface area contributed by atoms with E-state index in [0.717, 1.165) is 6.54 Å². The van der Waals surface area contributed by atoms with Crippen molar-refractivity contribution in [2.24, 2.45) is 5.41 Å². The van der Waals surface area contributed by atoms with Gasteiger partial charge in [-0.05, 0) is 37.1 Å². The van der Waals surface area contributed by atoms with Gasteiger partial charge < -0.3 is 15.2 Å². The van der Waals surface area contributed by atoms with E-state index in [-0.39, 0.29) is 17.2 Å². The van der Waals surface area contributed by atoms with Crippen molar-refractivity contribution >= 4 is 23.4 Å². The summed E-state index contributed by atoms with van der Waals surface area (Å²) in [7, 11) is 3.48. The van der Waals surface area contributed by atoms with Crippen LogP contribution in [0.3, 0.4) is 0 Å². The molecule has 3 rings (SSSR count). The monoisotopic (exact) mass is 449 g/mol. The molecule has 0 radical (unpaired) electrons. The summed E-state index contributed by atoms with van der Waals surface area (Å²) in [5.41, 5.74) is 1.03. The van der Waals surface area contributed by atoms with Gasteiger partial charge in [-0.3, -0.25) is 14.5 Å². The highest BCUT2D eigenvalue weighted by Gasteiger charge is 2.35. The number of benzene rings is 1. The highest BCUT2D eigenvalue weighted by molar-refractivity contribution is 6.31. The Hall–Kier alpha value is -2.45.